The molecule has 0 aromatic rings. The van der Waals surface area contributed by atoms with Gasteiger partial charge >= 0.3 is 0 Å². The number of allylic oxidation sites excluding steroid dienone is 2. The highest BCUT2D eigenvalue weighted by Crippen LogP contribution is 2.21. The van der Waals surface area contributed by atoms with E-state index in [0.29, 0.717) is 24.3 Å². The van der Waals surface area contributed by atoms with E-state index in [1.165, 1.54) is 0 Å². The zero-order valence-electron chi connectivity index (χ0n) is 9.82. The summed E-state index contributed by atoms with van der Waals surface area (Å²) < 4.78 is 0. The minimum atomic E-state index is 0. The fourth-order valence-corrected chi connectivity index (χ4v) is 2.38. The second kappa shape index (κ2) is 6.26. The second-order valence-corrected chi connectivity index (χ2v) is 4.66. The van der Waals surface area contributed by atoms with Crippen molar-refractivity contribution in [3.63, 3.8) is 0 Å². The molecule has 0 saturated carbocycles. The highest BCUT2D eigenvalue weighted by atomic mass is 35.5. The molecule has 16 heavy (non-hydrogen) atoms. The first-order valence-electron chi connectivity index (χ1n) is 5.93. The molecule has 0 aromatic carbocycles. The molecule has 1 heterocycles. The molecule has 1 fully saturated rings. The van der Waals surface area contributed by atoms with Gasteiger partial charge in [0.05, 0.1) is 0 Å². The van der Waals surface area contributed by atoms with E-state index in [-0.39, 0.29) is 12.4 Å². The van der Waals surface area contributed by atoms with Gasteiger partial charge in [-0.2, -0.15) is 0 Å². The maximum Gasteiger partial charge on any atom is 0.223 e. The monoisotopic (exact) mass is 244 g/mol. The number of carbonyl (C=O) groups is 1. The molecule has 0 spiro atoms. The Balaban J connectivity index is 0.00000128. The van der Waals surface area contributed by atoms with E-state index in [9.17, 15) is 4.79 Å². The van der Waals surface area contributed by atoms with Gasteiger partial charge < -0.3 is 10.2 Å². The quantitative estimate of drug-likeness (QED) is 0.749. The summed E-state index contributed by atoms with van der Waals surface area (Å²) in [7, 11) is 0. The maximum absolute atomic E-state index is 12.0. The van der Waals surface area contributed by atoms with Crippen LogP contribution >= 0.6 is 12.4 Å². The number of hydrogen-bond acceptors (Lipinski definition) is 2. The summed E-state index contributed by atoms with van der Waals surface area (Å²) in [4.78, 5) is 14.0. The topological polar surface area (TPSA) is 32.3 Å². The van der Waals surface area contributed by atoms with Crippen molar-refractivity contribution in [1.29, 1.82) is 0 Å². The smallest absolute Gasteiger partial charge is 0.223 e. The van der Waals surface area contributed by atoms with Crippen LogP contribution in [0.3, 0.4) is 0 Å². The SMILES string of the molecule is C[C@@H]1CN(C(=O)CC2C=CCC2)CCN1.Cl. The number of carbonyl (C=O) groups excluding carboxylic acids is 1. The lowest BCUT2D eigenvalue weighted by Gasteiger charge is -2.32. The first kappa shape index (κ1) is 13.5. The summed E-state index contributed by atoms with van der Waals surface area (Å²) in [5.74, 6) is 0.836. The van der Waals surface area contributed by atoms with Crippen LogP contribution in [0.15, 0.2) is 12.2 Å². The van der Waals surface area contributed by atoms with Gasteiger partial charge in [0.2, 0.25) is 5.91 Å². The van der Waals surface area contributed by atoms with Crippen LogP contribution in [0.2, 0.25) is 0 Å². The van der Waals surface area contributed by atoms with Gasteiger partial charge in [0, 0.05) is 32.1 Å². The Morgan fingerprint density at radius 1 is 1.56 bits per heavy atom. The number of rotatable bonds is 2. The lowest BCUT2D eigenvalue weighted by molar-refractivity contribution is -0.133. The fourth-order valence-electron chi connectivity index (χ4n) is 2.38. The summed E-state index contributed by atoms with van der Waals surface area (Å²) in [5.41, 5.74) is 0. The number of piperazine rings is 1. The van der Waals surface area contributed by atoms with E-state index in [1.807, 2.05) is 4.90 Å². The summed E-state index contributed by atoms with van der Waals surface area (Å²) in [6, 6.07) is 0.446. The lowest BCUT2D eigenvalue weighted by Crippen LogP contribution is -2.51. The Labute approximate surface area is 104 Å². The van der Waals surface area contributed by atoms with Gasteiger partial charge in [-0.1, -0.05) is 12.2 Å². The predicted molar refractivity (Wildman–Crippen MR) is 67.8 cm³/mol. The Kier molecular flexibility index (Phi) is 5.29. The average Bonchev–Trinajstić information content (AvgIpc) is 2.70. The highest BCUT2D eigenvalue weighted by Gasteiger charge is 2.22. The van der Waals surface area contributed by atoms with Crippen LogP contribution in [0.1, 0.15) is 26.2 Å². The van der Waals surface area contributed by atoms with Crippen LogP contribution in [-0.2, 0) is 4.79 Å². The summed E-state index contributed by atoms with van der Waals surface area (Å²) >= 11 is 0. The van der Waals surface area contributed by atoms with Gasteiger partial charge in [0.15, 0.2) is 0 Å². The number of halogens is 1. The largest absolute Gasteiger partial charge is 0.340 e. The average molecular weight is 245 g/mol. The minimum Gasteiger partial charge on any atom is -0.340 e. The standard InChI is InChI=1S/C12H20N2O.ClH/c1-10-9-14(7-6-13-10)12(15)8-11-4-2-3-5-11;/h2,4,10-11,13H,3,5-9H2,1H3;1H/t10-,11?;/m1./s1. The van der Waals surface area contributed by atoms with Gasteiger partial charge in [0.25, 0.3) is 0 Å². The molecule has 2 rings (SSSR count). The zero-order chi connectivity index (χ0) is 10.7. The Morgan fingerprint density at radius 2 is 2.38 bits per heavy atom. The van der Waals surface area contributed by atoms with Gasteiger partial charge in [-0.05, 0) is 25.7 Å². The van der Waals surface area contributed by atoms with Crippen LogP contribution in [0.4, 0.5) is 0 Å². The molecule has 2 aliphatic rings. The molecule has 4 heteroatoms. The van der Waals surface area contributed by atoms with Crippen molar-refractivity contribution in [3.05, 3.63) is 12.2 Å². The molecule has 1 aliphatic heterocycles. The number of amides is 1. The predicted octanol–water partition coefficient (Wildman–Crippen LogP) is 1.58. The van der Waals surface area contributed by atoms with E-state index >= 15 is 0 Å². The third-order valence-electron chi connectivity index (χ3n) is 3.27. The normalized spacial score (nSPS) is 28.9. The molecule has 3 nitrogen and oxygen atoms in total. The van der Waals surface area contributed by atoms with Gasteiger partial charge in [-0.3, -0.25) is 4.79 Å². The number of nitrogens with zero attached hydrogens (tertiary/aromatic N) is 1. The van der Waals surface area contributed by atoms with Crippen molar-refractivity contribution in [3.8, 4) is 0 Å². The van der Waals surface area contributed by atoms with Gasteiger partial charge in [0.1, 0.15) is 0 Å². The van der Waals surface area contributed by atoms with Crippen LogP contribution in [-0.4, -0.2) is 36.5 Å². The zero-order valence-corrected chi connectivity index (χ0v) is 10.6. The molecular weight excluding hydrogens is 224 g/mol. The molecule has 1 aliphatic carbocycles. The Morgan fingerprint density at radius 3 is 3.00 bits per heavy atom. The van der Waals surface area contributed by atoms with E-state index < -0.39 is 0 Å². The summed E-state index contributed by atoms with van der Waals surface area (Å²) in [6.07, 6.45) is 7.41. The van der Waals surface area contributed by atoms with Crippen molar-refractivity contribution in [2.45, 2.75) is 32.2 Å². The van der Waals surface area contributed by atoms with Crippen molar-refractivity contribution < 1.29 is 4.79 Å². The first-order chi connectivity index (χ1) is 7.25. The minimum absolute atomic E-state index is 0. The molecule has 0 aromatic heterocycles. The van der Waals surface area contributed by atoms with Crippen molar-refractivity contribution in [2.75, 3.05) is 19.6 Å². The van der Waals surface area contributed by atoms with E-state index in [2.05, 4.69) is 24.4 Å². The third-order valence-corrected chi connectivity index (χ3v) is 3.27. The molecule has 0 bridgehead atoms. The molecule has 1 unspecified atom stereocenters. The summed E-state index contributed by atoms with van der Waals surface area (Å²) in [5, 5.41) is 3.35. The van der Waals surface area contributed by atoms with Crippen molar-refractivity contribution in [2.24, 2.45) is 5.92 Å². The molecule has 0 radical (unpaired) electrons. The van der Waals surface area contributed by atoms with Crippen LogP contribution in [0.25, 0.3) is 0 Å². The highest BCUT2D eigenvalue weighted by molar-refractivity contribution is 5.85. The van der Waals surface area contributed by atoms with Gasteiger partial charge in [-0.25, -0.2) is 0 Å². The fraction of sp³-hybridized carbons (Fsp3) is 0.750. The van der Waals surface area contributed by atoms with Crippen molar-refractivity contribution >= 4 is 18.3 Å². The van der Waals surface area contributed by atoms with E-state index in [0.717, 1.165) is 32.5 Å². The Bertz CT molecular complexity index is 268. The molecule has 92 valence electrons. The van der Waals surface area contributed by atoms with E-state index in [4.69, 9.17) is 0 Å². The van der Waals surface area contributed by atoms with Crippen molar-refractivity contribution in [1.82, 2.24) is 10.2 Å². The number of hydrogen-bond donors (Lipinski definition) is 1. The maximum atomic E-state index is 12.0. The van der Waals surface area contributed by atoms with Gasteiger partial charge in [-0.15, -0.1) is 12.4 Å². The third kappa shape index (κ3) is 3.49. The Hall–Kier alpha value is -0.540. The van der Waals surface area contributed by atoms with Crippen LogP contribution < -0.4 is 5.32 Å². The molecule has 1 saturated heterocycles. The van der Waals surface area contributed by atoms with Crippen LogP contribution in [0, 0.1) is 5.92 Å². The molecule has 1 N–H and O–H groups in total. The molecule has 1 amide bonds. The second-order valence-electron chi connectivity index (χ2n) is 4.66. The van der Waals surface area contributed by atoms with Crippen LogP contribution in [0.5, 0.6) is 0 Å². The number of nitrogens with one attached hydrogen (secondary N) is 1. The first-order valence-corrected chi connectivity index (χ1v) is 5.93. The van der Waals surface area contributed by atoms with E-state index in [1.54, 1.807) is 0 Å². The molecular formula is C12H21ClN2O. The molecule has 2 atom stereocenters. The summed E-state index contributed by atoms with van der Waals surface area (Å²) in [6.45, 7) is 4.82. The lowest BCUT2D eigenvalue weighted by atomic mass is 10.0.